The van der Waals surface area contributed by atoms with Crippen LogP contribution in [0.15, 0.2) is 25.0 Å². The fraction of sp³-hybridized carbons (Fsp3) is 0.385. The van der Waals surface area contributed by atoms with Gasteiger partial charge in [-0.3, -0.25) is 4.98 Å². The minimum atomic E-state index is -4.63. The molecule has 1 rings (SSSR count). The van der Waals surface area contributed by atoms with Crippen molar-refractivity contribution in [2.75, 3.05) is 0 Å². The van der Waals surface area contributed by atoms with Gasteiger partial charge >= 0.3 is 12.1 Å². The van der Waals surface area contributed by atoms with E-state index in [0.29, 0.717) is 0 Å². The molecule has 0 N–H and O–H groups in total. The smallest absolute Gasteiger partial charge is 0.416 e. The van der Waals surface area contributed by atoms with Crippen LogP contribution in [0.2, 0.25) is 0 Å². The number of rotatable bonds is 2. The second-order valence-electron chi connectivity index (χ2n) is 4.90. The summed E-state index contributed by atoms with van der Waals surface area (Å²) in [5.74, 6) is -0.838. The lowest BCUT2D eigenvalue weighted by molar-refractivity contribution is -0.0687. The van der Waals surface area contributed by atoms with Crippen LogP contribution in [-0.2, 0) is 4.74 Å². The molecule has 6 heteroatoms. The van der Waals surface area contributed by atoms with Crippen LogP contribution >= 0.6 is 0 Å². The van der Waals surface area contributed by atoms with Gasteiger partial charge in [-0.1, -0.05) is 6.58 Å². The van der Waals surface area contributed by atoms with Gasteiger partial charge in [0.2, 0.25) is 0 Å². The molecular formula is C13H14F3NO2. The monoisotopic (exact) mass is 273 g/mol. The molecule has 1 heterocycles. The number of carbonyl (C=O) groups excluding carboxylic acids is 1. The number of carbonyl (C=O) groups is 1. The predicted molar refractivity (Wildman–Crippen MR) is 64.5 cm³/mol. The van der Waals surface area contributed by atoms with E-state index in [0.717, 1.165) is 6.20 Å². The Kier molecular flexibility index (Phi) is 4.03. The third-order valence-electron chi connectivity index (χ3n) is 2.11. The van der Waals surface area contributed by atoms with Crippen molar-refractivity contribution in [1.29, 1.82) is 0 Å². The Labute approximate surface area is 109 Å². The van der Waals surface area contributed by atoms with E-state index < -0.39 is 23.3 Å². The second kappa shape index (κ2) is 5.03. The summed E-state index contributed by atoms with van der Waals surface area (Å²) in [4.78, 5) is 15.4. The highest BCUT2D eigenvalue weighted by molar-refractivity contribution is 5.95. The molecule has 104 valence electrons. The molecule has 0 saturated carbocycles. The Morgan fingerprint density at radius 3 is 2.32 bits per heavy atom. The maximum absolute atomic E-state index is 12.6. The molecule has 0 bridgehead atoms. The summed E-state index contributed by atoms with van der Waals surface area (Å²) < 4.78 is 43.0. The molecule has 0 aliphatic carbocycles. The first-order valence-corrected chi connectivity index (χ1v) is 5.46. The summed E-state index contributed by atoms with van der Waals surface area (Å²) in [5.41, 5.74) is -2.49. The van der Waals surface area contributed by atoms with Crippen LogP contribution in [0.1, 0.15) is 36.7 Å². The lowest BCUT2D eigenvalue weighted by Crippen LogP contribution is -2.25. The molecule has 1 aromatic heterocycles. The lowest BCUT2D eigenvalue weighted by Gasteiger charge is -2.21. The lowest BCUT2D eigenvalue weighted by atomic mass is 10.0. The van der Waals surface area contributed by atoms with E-state index in [1.165, 1.54) is 12.3 Å². The zero-order chi connectivity index (χ0) is 14.8. The topological polar surface area (TPSA) is 39.2 Å². The SMILES string of the molecule is C=C(c1cnccc1C(=O)OC(C)(C)C)C(F)(F)F. The Bertz CT molecular complexity index is 501. The maximum atomic E-state index is 12.6. The van der Waals surface area contributed by atoms with Gasteiger partial charge in [-0.25, -0.2) is 4.79 Å². The molecule has 0 amide bonds. The van der Waals surface area contributed by atoms with Gasteiger partial charge in [0.15, 0.2) is 0 Å². The van der Waals surface area contributed by atoms with Crippen LogP contribution in [0.25, 0.3) is 5.57 Å². The number of pyridine rings is 1. The van der Waals surface area contributed by atoms with E-state index in [1.54, 1.807) is 20.8 Å². The van der Waals surface area contributed by atoms with E-state index in [1.807, 2.05) is 0 Å². The number of alkyl halides is 3. The summed E-state index contributed by atoms with van der Waals surface area (Å²) >= 11 is 0. The van der Waals surface area contributed by atoms with Crippen molar-refractivity contribution in [3.63, 3.8) is 0 Å². The van der Waals surface area contributed by atoms with E-state index in [2.05, 4.69) is 11.6 Å². The first kappa shape index (κ1) is 15.2. The highest BCUT2D eigenvalue weighted by atomic mass is 19.4. The molecule has 0 unspecified atom stereocenters. The van der Waals surface area contributed by atoms with Gasteiger partial charge < -0.3 is 4.74 Å². The van der Waals surface area contributed by atoms with Gasteiger partial charge in [0, 0.05) is 18.0 Å². The average Bonchev–Trinajstić information content (AvgIpc) is 2.24. The van der Waals surface area contributed by atoms with Crippen LogP contribution < -0.4 is 0 Å². The Morgan fingerprint density at radius 2 is 1.84 bits per heavy atom. The number of esters is 1. The molecule has 0 saturated heterocycles. The first-order valence-electron chi connectivity index (χ1n) is 5.46. The number of halogens is 3. The number of hydrogen-bond acceptors (Lipinski definition) is 3. The number of aromatic nitrogens is 1. The third kappa shape index (κ3) is 4.08. The Morgan fingerprint density at radius 1 is 1.26 bits per heavy atom. The highest BCUT2D eigenvalue weighted by Crippen LogP contribution is 2.33. The van der Waals surface area contributed by atoms with Crippen LogP contribution in [0.3, 0.4) is 0 Å². The van der Waals surface area contributed by atoms with E-state index in [4.69, 9.17) is 4.74 Å². The van der Waals surface area contributed by atoms with Gasteiger partial charge in [-0.05, 0) is 26.8 Å². The fourth-order valence-electron chi connectivity index (χ4n) is 1.30. The van der Waals surface area contributed by atoms with Crippen molar-refractivity contribution < 1.29 is 22.7 Å². The molecule has 1 aromatic rings. The number of allylic oxidation sites excluding steroid dienone is 1. The quantitative estimate of drug-likeness (QED) is 0.773. The molecule has 0 spiro atoms. The molecule has 3 nitrogen and oxygen atoms in total. The fourth-order valence-corrected chi connectivity index (χ4v) is 1.30. The van der Waals surface area contributed by atoms with Crippen LogP contribution in [0, 0.1) is 0 Å². The van der Waals surface area contributed by atoms with Crippen molar-refractivity contribution in [1.82, 2.24) is 4.98 Å². The summed E-state index contributed by atoms with van der Waals surface area (Å²) in [7, 11) is 0. The van der Waals surface area contributed by atoms with Crippen LogP contribution in [0.5, 0.6) is 0 Å². The first-order chi connectivity index (χ1) is 8.52. The molecule has 0 fully saturated rings. The summed E-state index contributed by atoms with van der Waals surface area (Å²) in [6, 6.07) is 1.18. The maximum Gasteiger partial charge on any atom is 0.416 e. The van der Waals surface area contributed by atoms with Gasteiger partial charge in [0.05, 0.1) is 11.1 Å². The largest absolute Gasteiger partial charge is 0.456 e. The third-order valence-corrected chi connectivity index (χ3v) is 2.11. The minimum absolute atomic E-state index is 0.202. The normalized spacial score (nSPS) is 12.1. The minimum Gasteiger partial charge on any atom is -0.456 e. The standard InChI is InChI=1S/C13H14F3NO2/c1-8(13(14,15)16)10-7-17-6-5-9(10)11(18)19-12(2,3)4/h5-7H,1H2,2-4H3. The molecule has 0 aliphatic rings. The molecule has 0 atom stereocenters. The van der Waals surface area contributed by atoms with Crippen LogP contribution in [0.4, 0.5) is 13.2 Å². The number of nitrogens with zero attached hydrogens (tertiary/aromatic N) is 1. The van der Waals surface area contributed by atoms with Crippen LogP contribution in [-0.4, -0.2) is 22.7 Å². The van der Waals surface area contributed by atoms with Gasteiger partial charge in [-0.2, -0.15) is 13.2 Å². The van der Waals surface area contributed by atoms with E-state index in [9.17, 15) is 18.0 Å². The zero-order valence-corrected chi connectivity index (χ0v) is 10.8. The van der Waals surface area contributed by atoms with E-state index >= 15 is 0 Å². The zero-order valence-electron chi connectivity index (χ0n) is 10.8. The van der Waals surface area contributed by atoms with Gasteiger partial charge in [-0.15, -0.1) is 0 Å². The number of ether oxygens (including phenoxy) is 1. The van der Waals surface area contributed by atoms with Crippen molar-refractivity contribution >= 4 is 11.5 Å². The summed E-state index contributed by atoms with van der Waals surface area (Å²) in [6.07, 6.45) is -2.44. The molecule has 0 aliphatic heterocycles. The Hall–Kier alpha value is -1.85. The van der Waals surface area contributed by atoms with Crippen molar-refractivity contribution in [2.45, 2.75) is 32.5 Å². The molecule has 19 heavy (non-hydrogen) atoms. The molecule has 0 radical (unpaired) electrons. The van der Waals surface area contributed by atoms with Gasteiger partial charge in [0.25, 0.3) is 0 Å². The Balaban J connectivity index is 3.17. The van der Waals surface area contributed by atoms with Gasteiger partial charge in [0.1, 0.15) is 5.60 Å². The molecular weight excluding hydrogens is 259 g/mol. The van der Waals surface area contributed by atoms with Crippen molar-refractivity contribution in [3.05, 3.63) is 36.2 Å². The molecule has 0 aromatic carbocycles. The summed E-state index contributed by atoms with van der Waals surface area (Å²) in [6.45, 7) is 7.85. The highest BCUT2D eigenvalue weighted by Gasteiger charge is 2.35. The predicted octanol–water partition coefficient (Wildman–Crippen LogP) is 3.61. The second-order valence-corrected chi connectivity index (χ2v) is 4.90. The number of hydrogen-bond donors (Lipinski definition) is 0. The van der Waals surface area contributed by atoms with E-state index in [-0.39, 0.29) is 11.1 Å². The van der Waals surface area contributed by atoms with Crippen molar-refractivity contribution in [2.24, 2.45) is 0 Å². The summed E-state index contributed by atoms with van der Waals surface area (Å²) in [5, 5.41) is 0. The van der Waals surface area contributed by atoms with Crippen molar-refractivity contribution in [3.8, 4) is 0 Å². The average molecular weight is 273 g/mol.